The maximum absolute atomic E-state index is 13.0. The fourth-order valence-corrected chi connectivity index (χ4v) is 1.72. The lowest BCUT2D eigenvalue weighted by Gasteiger charge is -2.09. The zero-order valence-electron chi connectivity index (χ0n) is 12.2. The summed E-state index contributed by atoms with van der Waals surface area (Å²) < 4.78 is 30.7. The number of amides is 1. The van der Waals surface area contributed by atoms with Crippen molar-refractivity contribution >= 4 is 6.09 Å². The highest BCUT2D eigenvalue weighted by atomic mass is 19.1. The largest absolute Gasteiger partial charge is 0.450 e. The van der Waals surface area contributed by atoms with Crippen molar-refractivity contribution in [1.82, 2.24) is 5.32 Å². The number of hydrogen-bond acceptors (Lipinski definition) is 2. The zero-order chi connectivity index (χ0) is 15.5. The monoisotopic (exact) mass is 297 g/mol. The molecular formula is C16H21F2NO2. The van der Waals surface area contributed by atoms with E-state index in [2.05, 4.69) is 5.32 Å². The number of ether oxygens (including phenoxy) is 1. The number of halogens is 2. The topological polar surface area (TPSA) is 38.3 Å². The summed E-state index contributed by atoms with van der Waals surface area (Å²) in [5.74, 6) is -0.309. The molecule has 0 radical (unpaired) electrons. The van der Waals surface area contributed by atoms with Gasteiger partial charge in [0.1, 0.15) is 5.82 Å². The van der Waals surface area contributed by atoms with Crippen molar-refractivity contribution < 1.29 is 18.3 Å². The highest BCUT2D eigenvalue weighted by molar-refractivity contribution is 5.67. The highest BCUT2D eigenvalue weighted by Gasteiger charge is 2.05. The Morgan fingerprint density at radius 3 is 2.90 bits per heavy atom. The second kappa shape index (κ2) is 9.91. The minimum atomic E-state index is -0.548. The average Bonchev–Trinajstić information content (AvgIpc) is 2.48. The van der Waals surface area contributed by atoms with Gasteiger partial charge in [-0.1, -0.05) is 25.5 Å². The van der Waals surface area contributed by atoms with Crippen molar-refractivity contribution in [3.63, 3.8) is 0 Å². The van der Waals surface area contributed by atoms with Crippen molar-refractivity contribution in [3.05, 3.63) is 47.5 Å². The lowest BCUT2D eigenvalue weighted by atomic mass is 10.1. The van der Waals surface area contributed by atoms with Crippen LogP contribution in [-0.2, 0) is 11.2 Å². The standard InChI is InChI=1S/C16H21F2NO2/c1-2-3-9-21-16(20)19-12-14(11-17)8-7-13-5-4-6-15(18)10-13/h4-6,10-11H,2-3,7-9,12H2,1H3,(H,19,20)/b14-11-. The SMILES string of the molecule is CCCCOC(=O)NC/C(=C\F)CCc1cccc(F)c1. The van der Waals surface area contributed by atoms with E-state index >= 15 is 0 Å². The van der Waals surface area contributed by atoms with Crippen molar-refractivity contribution in [3.8, 4) is 0 Å². The second-order valence-electron chi connectivity index (χ2n) is 4.74. The Kier molecular flexibility index (Phi) is 8.09. The van der Waals surface area contributed by atoms with Gasteiger partial charge in [-0.15, -0.1) is 0 Å². The van der Waals surface area contributed by atoms with Gasteiger partial charge in [-0.25, -0.2) is 13.6 Å². The Hall–Kier alpha value is -1.91. The van der Waals surface area contributed by atoms with Crippen molar-refractivity contribution in [2.45, 2.75) is 32.6 Å². The number of nitrogens with one attached hydrogen (secondary N) is 1. The summed E-state index contributed by atoms with van der Waals surface area (Å²) >= 11 is 0. The van der Waals surface area contributed by atoms with E-state index in [0.717, 1.165) is 18.4 Å². The van der Waals surface area contributed by atoms with Crippen LogP contribution >= 0.6 is 0 Å². The smallest absolute Gasteiger partial charge is 0.407 e. The minimum absolute atomic E-state index is 0.0940. The van der Waals surface area contributed by atoms with Crippen molar-refractivity contribution in [1.29, 1.82) is 0 Å². The Morgan fingerprint density at radius 2 is 2.24 bits per heavy atom. The van der Waals surface area contributed by atoms with Gasteiger partial charge in [0, 0.05) is 6.54 Å². The molecule has 0 bridgehead atoms. The minimum Gasteiger partial charge on any atom is -0.450 e. The van der Waals surface area contributed by atoms with Crippen LogP contribution in [0.5, 0.6) is 0 Å². The third kappa shape index (κ3) is 7.44. The summed E-state index contributed by atoms with van der Waals surface area (Å²) in [5.41, 5.74) is 1.23. The van der Waals surface area contributed by atoms with Crippen molar-refractivity contribution in [2.75, 3.05) is 13.2 Å². The first-order valence-corrected chi connectivity index (χ1v) is 7.09. The maximum Gasteiger partial charge on any atom is 0.407 e. The molecule has 116 valence electrons. The van der Waals surface area contributed by atoms with Crippen molar-refractivity contribution in [2.24, 2.45) is 0 Å². The molecule has 3 nitrogen and oxygen atoms in total. The highest BCUT2D eigenvalue weighted by Crippen LogP contribution is 2.10. The van der Waals surface area contributed by atoms with E-state index in [1.807, 2.05) is 6.92 Å². The average molecular weight is 297 g/mol. The van der Waals surface area contributed by atoms with Gasteiger partial charge in [0.05, 0.1) is 12.9 Å². The van der Waals surface area contributed by atoms with Gasteiger partial charge in [0.15, 0.2) is 0 Å². The molecule has 1 rings (SSSR count). The number of benzene rings is 1. The molecule has 1 N–H and O–H groups in total. The number of rotatable bonds is 8. The summed E-state index contributed by atoms with van der Waals surface area (Å²) in [6, 6.07) is 6.18. The molecule has 0 atom stereocenters. The molecule has 0 aliphatic heterocycles. The van der Waals surface area contributed by atoms with Gasteiger partial charge >= 0.3 is 6.09 Å². The van der Waals surface area contributed by atoms with E-state index in [4.69, 9.17) is 4.74 Å². The van der Waals surface area contributed by atoms with Crippen LogP contribution in [0.25, 0.3) is 0 Å². The number of alkyl carbamates (subject to hydrolysis) is 1. The van der Waals surface area contributed by atoms with Crippen LogP contribution in [-0.4, -0.2) is 19.2 Å². The van der Waals surface area contributed by atoms with E-state index in [9.17, 15) is 13.6 Å². The first-order chi connectivity index (χ1) is 10.2. The predicted molar refractivity (Wildman–Crippen MR) is 78.2 cm³/mol. The van der Waals surface area contributed by atoms with Gasteiger partial charge in [-0.3, -0.25) is 0 Å². The van der Waals surface area contributed by atoms with Crippen LogP contribution in [0.4, 0.5) is 13.6 Å². The molecule has 1 aromatic rings. The van der Waals surface area contributed by atoms with Crippen LogP contribution in [0.2, 0.25) is 0 Å². The van der Waals surface area contributed by atoms with Gasteiger partial charge in [-0.2, -0.15) is 0 Å². The number of hydrogen-bond donors (Lipinski definition) is 1. The van der Waals surface area contributed by atoms with Crippen LogP contribution in [0.15, 0.2) is 36.2 Å². The first kappa shape index (κ1) is 17.1. The zero-order valence-corrected chi connectivity index (χ0v) is 12.2. The molecule has 0 heterocycles. The second-order valence-corrected chi connectivity index (χ2v) is 4.74. The molecular weight excluding hydrogens is 276 g/mol. The van der Waals surface area contributed by atoms with E-state index in [0.29, 0.717) is 31.4 Å². The molecule has 0 aromatic heterocycles. The number of unbranched alkanes of at least 4 members (excludes halogenated alkanes) is 1. The van der Waals surface area contributed by atoms with E-state index in [1.54, 1.807) is 12.1 Å². The normalized spacial score (nSPS) is 11.3. The molecule has 1 amide bonds. The molecule has 0 aliphatic carbocycles. The fraction of sp³-hybridized carbons (Fsp3) is 0.438. The summed E-state index contributed by atoms with van der Waals surface area (Å²) in [5, 5.41) is 2.50. The lowest BCUT2D eigenvalue weighted by molar-refractivity contribution is 0.145. The third-order valence-electron chi connectivity index (χ3n) is 2.97. The summed E-state index contributed by atoms with van der Waals surface area (Å²) in [4.78, 5) is 11.3. The Balaban J connectivity index is 2.30. The van der Waals surface area contributed by atoms with E-state index in [-0.39, 0.29) is 12.4 Å². The Labute approximate surface area is 124 Å². The van der Waals surface area contributed by atoms with Crippen LogP contribution in [0, 0.1) is 5.82 Å². The summed E-state index contributed by atoms with van der Waals surface area (Å²) in [6.07, 6.45) is 2.60. The molecule has 0 aliphatic rings. The van der Waals surface area contributed by atoms with Gasteiger partial charge < -0.3 is 10.1 Å². The molecule has 0 saturated carbocycles. The molecule has 0 saturated heterocycles. The molecule has 5 heteroatoms. The van der Waals surface area contributed by atoms with Crippen LogP contribution in [0.1, 0.15) is 31.7 Å². The molecule has 0 fully saturated rings. The maximum atomic E-state index is 13.0. The van der Waals surface area contributed by atoms with E-state index in [1.165, 1.54) is 12.1 Å². The van der Waals surface area contributed by atoms with Crippen LogP contribution < -0.4 is 5.32 Å². The molecule has 1 aromatic carbocycles. The lowest BCUT2D eigenvalue weighted by Crippen LogP contribution is -2.26. The molecule has 21 heavy (non-hydrogen) atoms. The third-order valence-corrected chi connectivity index (χ3v) is 2.97. The summed E-state index contributed by atoms with van der Waals surface area (Å²) in [6.45, 7) is 2.45. The van der Waals surface area contributed by atoms with Crippen LogP contribution in [0.3, 0.4) is 0 Å². The first-order valence-electron chi connectivity index (χ1n) is 7.09. The molecule has 0 spiro atoms. The number of carbonyl (C=O) groups excluding carboxylic acids is 1. The fourth-order valence-electron chi connectivity index (χ4n) is 1.72. The van der Waals surface area contributed by atoms with Gasteiger partial charge in [-0.05, 0) is 42.5 Å². The van der Waals surface area contributed by atoms with Gasteiger partial charge in [0.2, 0.25) is 0 Å². The number of carbonyl (C=O) groups is 1. The summed E-state index contributed by atoms with van der Waals surface area (Å²) in [7, 11) is 0. The Morgan fingerprint density at radius 1 is 1.43 bits per heavy atom. The predicted octanol–water partition coefficient (Wildman–Crippen LogP) is 4.14. The Bertz CT molecular complexity index is 475. The van der Waals surface area contributed by atoms with Gasteiger partial charge in [0.25, 0.3) is 0 Å². The van der Waals surface area contributed by atoms with E-state index < -0.39 is 6.09 Å². The molecule has 0 unspecified atom stereocenters. The quantitative estimate of drug-likeness (QED) is 0.732. The number of aryl methyl sites for hydroxylation is 1.